The van der Waals surface area contributed by atoms with Crippen LogP contribution in [-0.2, 0) is 19.6 Å². The predicted molar refractivity (Wildman–Crippen MR) is 163 cm³/mol. The van der Waals surface area contributed by atoms with Crippen LogP contribution in [0.1, 0.15) is 30.4 Å². The van der Waals surface area contributed by atoms with Crippen LogP contribution in [0.4, 0.5) is 5.69 Å². The van der Waals surface area contributed by atoms with Gasteiger partial charge < -0.3 is 19.1 Å². The van der Waals surface area contributed by atoms with E-state index < -0.39 is 22.5 Å². The number of anilines is 1. The summed E-state index contributed by atoms with van der Waals surface area (Å²) in [5.41, 5.74) is 4.17. The third-order valence-corrected chi connectivity index (χ3v) is 8.69. The van der Waals surface area contributed by atoms with E-state index in [1.807, 2.05) is 11.8 Å². The standard InChI is InChI=1S/C31H36N4O7S/c1-23-7-14-27(15-8-23)43(38,39)35(25-11-16-28(40-2)29(19-25)41-3)21-30(36)33-32-20-24-9-12-26(13-10-24)42-22-31(37)34-17-5-4-6-18-34/h7-16,19-20H,4-6,17-18,21-22H2,1-3H3,(H,33,36)/b32-20+. The Morgan fingerprint density at radius 1 is 0.930 bits per heavy atom. The zero-order chi connectivity index (χ0) is 30.8. The summed E-state index contributed by atoms with van der Waals surface area (Å²) in [5.74, 6) is 0.583. The molecule has 1 heterocycles. The second kappa shape index (κ2) is 14.5. The number of ether oxygens (including phenoxy) is 3. The molecule has 4 rings (SSSR count). The summed E-state index contributed by atoms with van der Waals surface area (Å²) in [6, 6.07) is 17.8. The molecule has 0 aliphatic carbocycles. The molecule has 0 saturated carbocycles. The van der Waals surface area contributed by atoms with Crippen molar-refractivity contribution in [2.75, 3.05) is 44.8 Å². The number of likely N-dealkylation sites (tertiary alicyclic amines) is 1. The molecule has 2 amide bonds. The summed E-state index contributed by atoms with van der Waals surface area (Å²) in [6.45, 7) is 2.83. The van der Waals surface area contributed by atoms with Crippen LogP contribution in [0.3, 0.4) is 0 Å². The second-order valence-electron chi connectivity index (χ2n) is 9.96. The van der Waals surface area contributed by atoms with Crippen molar-refractivity contribution in [1.82, 2.24) is 10.3 Å². The smallest absolute Gasteiger partial charge is 0.264 e. The van der Waals surface area contributed by atoms with E-state index in [2.05, 4.69) is 10.5 Å². The van der Waals surface area contributed by atoms with Crippen LogP contribution < -0.4 is 23.9 Å². The molecule has 3 aromatic carbocycles. The van der Waals surface area contributed by atoms with Gasteiger partial charge in [-0.15, -0.1) is 0 Å². The fourth-order valence-corrected chi connectivity index (χ4v) is 5.92. The molecule has 1 aliphatic heterocycles. The van der Waals surface area contributed by atoms with Crippen molar-refractivity contribution in [3.63, 3.8) is 0 Å². The lowest BCUT2D eigenvalue weighted by Gasteiger charge is -2.26. The number of amides is 2. The van der Waals surface area contributed by atoms with E-state index in [4.69, 9.17) is 14.2 Å². The number of carbonyl (C=O) groups excluding carboxylic acids is 2. The van der Waals surface area contributed by atoms with Gasteiger partial charge in [0.05, 0.1) is 31.0 Å². The summed E-state index contributed by atoms with van der Waals surface area (Å²) in [7, 11) is -1.21. The number of piperidine rings is 1. The van der Waals surface area contributed by atoms with Gasteiger partial charge in [0, 0.05) is 19.2 Å². The number of hydrazone groups is 1. The predicted octanol–water partition coefficient (Wildman–Crippen LogP) is 3.75. The molecule has 0 aromatic heterocycles. The van der Waals surface area contributed by atoms with Gasteiger partial charge in [0.1, 0.15) is 12.3 Å². The van der Waals surface area contributed by atoms with Crippen LogP contribution in [0.15, 0.2) is 76.7 Å². The SMILES string of the molecule is COc1ccc(N(CC(=O)N/N=C/c2ccc(OCC(=O)N3CCCCC3)cc2)S(=O)(=O)c2ccc(C)cc2)cc1OC. The minimum absolute atomic E-state index is 0.0223. The Kier molecular flexibility index (Phi) is 10.6. The van der Waals surface area contributed by atoms with Crippen molar-refractivity contribution < 1.29 is 32.2 Å². The Hall–Kier alpha value is -4.58. The molecule has 12 heteroatoms. The highest BCUT2D eigenvalue weighted by Gasteiger charge is 2.28. The van der Waals surface area contributed by atoms with Crippen molar-refractivity contribution in [3.05, 3.63) is 77.9 Å². The molecular formula is C31H36N4O7S. The van der Waals surface area contributed by atoms with E-state index in [0.717, 1.165) is 42.2 Å². The largest absolute Gasteiger partial charge is 0.493 e. The molecule has 3 aromatic rings. The molecule has 1 fully saturated rings. The Morgan fingerprint density at radius 3 is 2.26 bits per heavy atom. The zero-order valence-corrected chi connectivity index (χ0v) is 25.3. The molecule has 1 N–H and O–H groups in total. The van der Waals surface area contributed by atoms with Gasteiger partial charge >= 0.3 is 0 Å². The van der Waals surface area contributed by atoms with Crippen molar-refractivity contribution in [1.29, 1.82) is 0 Å². The van der Waals surface area contributed by atoms with Crippen molar-refractivity contribution >= 4 is 33.7 Å². The summed E-state index contributed by atoms with van der Waals surface area (Å²) in [4.78, 5) is 27.1. The van der Waals surface area contributed by atoms with E-state index in [9.17, 15) is 18.0 Å². The molecule has 0 radical (unpaired) electrons. The average molecular weight is 609 g/mol. The number of nitrogens with zero attached hydrogens (tertiary/aromatic N) is 3. The highest BCUT2D eigenvalue weighted by atomic mass is 32.2. The molecule has 11 nitrogen and oxygen atoms in total. The Morgan fingerprint density at radius 2 is 1.60 bits per heavy atom. The van der Waals surface area contributed by atoms with Crippen molar-refractivity contribution in [3.8, 4) is 17.2 Å². The fraction of sp³-hybridized carbons (Fsp3) is 0.323. The maximum atomic E-state index is 13.6. The molecule has 0 bridgehead atoms. The maximum absolute atomic E-state index is 13.6. The first-order valence-corrected chi connectivity index (χ1v) is 15.3. The minimum Gasteiger partial charge on any atom is -0.493 e. The molecular weight excluding hydrogens is 572 g/mol. The van der Waals surface area contributed by atoms with Crippen LogP contribution in [0.2, 0.25) is 0 Å². The van der Waals surface area contributed by atoms with Gasteiger partial charge in [-0.1, -0.05) is 17.7 Å². The average Bonchev–Trinajstić information content (AvgIpc) is 3.03. The molecule has 1 saturated heterocycles. The van der Waals surface area contributed by atoms with E-state index in [1.165, 1.54) is 44.7 Å². The zero-order valence-electron chi connectivity index (χ0n) is 24.5. The summed E-state index contributed by atoms with van der Waals surface area (Å²) in [5, 5.41) is 3.99. The Bertz CT molecular complexity index is 1540. The Labute approximate surface area is 252 Å². The number of nitrogens with one attached hydrogen (secondary N) is 1. The first-order valence-electron chi connectivity index (χ1n) is 13.9. The number of aryl methyl sites for hydroxylation is 1. The first-order chi connectivity index (χ1) is 20.7. The highest BCUT2D eigenvalue weighted by molar-refractivity contribution is 7.92. The lowest BCUT2D eigenvalue weighted by Crippen LogP contribution is -2.39. The van der Waals surface area contributed by atoms with Crippen molar-refractivity contribution in [2.24, 2.45) is 5.10 Å². The van der Waals surface area contributed by atoms with Gasteiger partial charge in [-0.2, -0.15) is 5.10 Å². The van der Waals surface area contributed by atoms with Gasteiger partial charge in [-0.25, -0.2) is 13.8 Å². The quantitative estimate of drug-likeness (QED) is 0.245. The van der Waals surface area contributed by atoms with Gasteiger partial charge in [-0.05, 0) is 80.3 Å². The number of hydrogen-bond donors (Lipinski definition) is 1. The second-order valence-corrected chi connectivity index (χ2v) is 11.8. The van der Waals surface area contributed by atoms with Crippen LogP contribution in [-0.4, -0.2) is 71.8 Å². The molecule has 0 spiro atoms. The molecule has 0 unspecified atom stereocenters. The van der Waals surface area contributed by atoms with Crippen molar-refractivity contribution in [2.45, 2.75) is 31.1 Å². The monoisotopic (exact) mass is 608 g/mol. The summed E-state index contributed by atoms with van der Waals surface area (Å²) < 4.78 is 44.5. The van der Waals surface area contributed by atoms with E-state index in [1.54, 1.807) is 42.5 Å². The van der Waals surface area contributed by atoms with E-state index in [-0.39, 0.29) is 23.1 Å². The number of sulfonamides is 1. The number of methoxy groups -OCH3 is 2. The van der Waals surface area contributed by atoms with Crippen LogP contribution in [0.25, 0.3) is 0 Å². The van der Waals surface area contributed by atoms with Crippen LogP contribution in [0, 0.1) is 6.92 Å². The third-order valence-electron chi connectivity index (χ3n) is 6.91. The minimum atomic E-state index is -4.13. The molecule has 0 atom stereocenters. The number of rotatable bonds is 12. The molecule has 1 aliphatic rings. The normalized spacial score (nSPS) is 13.4. The van der Waals surface area contributed by atoms with Gasteiger partial charge in [-0.3, -0.25) is 13.9 Å². The number of benzene rings is 3. The van der Waals surface area contributed by atoms with Crippen LogP contribution in [0.5, 0.6) is 17.2 Å². The lowest BCUT2D eigenvalue weighted by molar-refractivity contribution is -0.134. The van der Waals surface area contributed by atoms with Gasteiger partial charge in [0.25, 0.3) is 21.8 Å². The fourth-order valence-electron chi connectivity index (χ4n) is 4.51. The summed E-state index contributed by atoms with van der Waals surface area (Å²) >= 11 is 0. The number of carbonyl (C=O) groups is 2. The third kappa shape index (κ3) is 8.25. The molecule has 43 heavy (non-hydrogen) atoms. The van der Waals surface area contributed by atoms with Crippen LogP contribution >= 0.6 is 0 Å². The van der Waals surface area contributed by atoms with Gasteiger partial charge in [0.15, 0.2) is 18.1 Å². The summed E-state index contributed by atoms with van der Waals surface area (Å²) in [6.07, 6.45) is 4.62. The lowest BCUT2D eigenvalue weighted by atomic mass is 10.1. The maximum Gasteiger partial charge on any atom is 0.264 e. The van der Waals surface area contributed by atoms with E-state index >= 15 is 0 Å². The Balaban J connectivity index is 1.42. The molecule has 228 valence electrons. The topological polar surface area (TPSA) is 127 Å². The number of hydrogen-bond acceptors (Lipinski definition) is 8. The highest BCUT2D eigenvalue weighted by Crippen LogP contribution is 2.33. The van der Waals surface area contributed by atoms with Gasteiger partial charge in [0.2, 0.25) is 0 Å². The van der Waals surface area contributed by atoms with E-state index in [0.29, 0.717) is 22.8 Å². The first kappa shape index (κ1) is 31.4.